The topological polar surface area (TPSA) is 60.0 Å². The summed E-state index contributed by atoms with van der Waals surface area (Å²) in [7, 11) is 1.65. The van der Waals surface area contributed by atoms with Crippen LogP contribution in [0.15, 0.2) is 24.3 Å². The highest BCUT2D eigenvalue weighted by Gasteiger charge is 2.15. The SMILES string of the molecule is COc1ccc(CNCC(O)COCC2CCCO2)cc1. The van der Waals surface area contributed by atoms with Gasteiger partial charge in [-0.25, -0.2) is 0 Å². The first kappa shape index (κ1) is 16.2. The van der Waals surface area contributed by atoms with Crippen molar-refractivity contribution < 1.29 is 19.3 Å². The van der Waals surface area contributed by atoms with E-state index in [1.54, 1.807) is 7.11 Å². The van der Waals surface area contributed by atoms with Crippen LogP contribution in [0.1, 0.15) is 18.4 Å². The molecule has 0 aliphatic carbocycles. The van der Waals surface area contributed by atoms with Crippen molar-refractivity contribution in [2.24, 2.45) is 0 Å². The van der Waals surface area contributed by atoms with Crippen molar-refractivity contribution in [1.82, 2.24) is 5.32 Å². The summed E-state index contributed by atoms with van der Waals surface area (Å²) in [5, 5.41) is 13.1. The van der Waals surface area contributed by atoms with Crippen molar-refractivity contribution in [3.63, 3.8) is 0 Å². The minimum atomic E-state index is -0.496. The highest BCUT2D eigenvalue weighted by Crippen LogP contribution is 2.12. The van der Waals surface area contributed by atoms with Gasteiger partial charge in [-0.05, 0) is 30.5 Å². The van der Waals surface area contributed by atoms with Gasteiger partial charge in [0, 0.05) is 19.7 Å². The Labute approximate surface area is 126 Å². The van der Waals surface area contributed by atoms with Crippen LogP contribution in [0.25, 0.3) is 0 Å². The summed E-state index contributed by atoms with van der Waals surface area (Å²) in [6.07, 6.45) is 1.89. The molecule has 1 saturated heterocycles. The second-order valence-corrected chi connectivity index (χ2v) is 5.31. The zero-order valence-electron chi connectivity index (χ0n) is 12.6. The normalized spacial score (nSPS) is 19.6. The fraction of sp³-hybridized carbons (Fsp3) is 0.625. The Balaban J connectivity index is 1.54. The average Bonchev–Trinajstić information content (AvgIpc) is 3.01. The molecule has 1 aliphatic heterocycles. The van der Waals surface area contributed by atoms with Gasteiger partial charge in [-0.2, -0.15) is 0 Å². The lowest BCUT2D eigenvalue weighted by Crippen LogP contribution is -2.31. The van der Waals surface area contributed by atoms with Crippen LogP contribution >= 0.6 is 0 Å². The summed E-state index contributed by atoms with van der Waals surface area (Å²) in [6, 6.07) is 7.87. The molecule has 118 valence electrons. The zero-order chi connectivity index (χ0) is 14.9. The maximum atomic E-state index is 9.83. The third-order valence-electron chi connectivity index (χ3n) is 3.51. The van der Waals surface area contributed by atoms with Gasteiger partial charge in [-0.15, -0.1) is 0 Å². The molecule has 0 amide bonds. The molecule has 1 fully saturated rings. The number of hydrogen-bond acceptors (Lipinski definition) is 5. The van der Waals surface area contributed by atoms with Crippen LogP contribution in [0, 0.1) is 0 Å². The molecule has 5 heteroatoms. The van der Waals surface area contributed by atoms with Gasteiger partial charge >= 0.3 is 0 Å². The summed E-state index contributed by atoms with van der Waals surface area (Å²) >= 11 is 0. The van der Waals surface area contributed by atoms with E-state index in [1.165, 1.54) is 0 Å². The monoisotopic (exact) mass is 295 g/mol. The zero-order valence-corrected chi connectivity index (χ0v) is 12.6. The fourth-order valence-corrected chi connectivity index (χ4v) is 2.30. The van der Waals surface area contributed by atoms with Crippen LogP contribution < -0.4 is 10.1 Å². The molecule has 2 unspecified atom stereocenters. The molecule has 1 heterocycles. The standard InChI is InChI=1S/C16H25NO4/c1-19-15-6-4-13(5-7-15)9-17-10-14(18)11-20-12-16-3-2-8-21-16/h4-7,14,16-18H,2-3,8-12H2,1H3. The molecule has 2 atom stereocenters. The van der Waals surface area contributed by atoms with Gasteiger partial charge in [0.2, 0.25) is 0 Å². The second-order valence-electron chi connectivity index (χ2n) is 5.31. The highest BCUT2D eigenvalue weighted by atomic mass is 16.5. The van der Waals surface area contributed by atoms with Crippen molar-refractivity contribution >= 4 is 0 Å². The molecule has 5 nitrogen and oxygen atoms in total. The van der Waals surface area contributed by atoms with Gasteiger partial charge in [0.25, 0.3) is 0 Å². The Morgan fingerprint density at radius 3 is 2.86 bits per heavy atom. The lowest BCUT2D eigenvalue weighted by molar-refractivity contribution is -0.0164. The largest absolute Gasteiger partial charge is 0.497 e. The third-order valence-corrected chi connectivity index (χ3v) is 3.51. The lowest BCUT2D eigenvalue weighted by atomic mass is 10.2. The number of aliphatic hydroxyl groups excluding tert-OH is 1. The van der Waals surface area contributed by atoms with Crippen molar-refractivity contribution in [1.29, 1.82) is 0 Å². The molecule has 0 bridgehead atoms. The van der Waals surface area contributed by atoms with E-state index >= 15 is 0 Å². The van der Waals surface area contributed by atoms with Crippen molar-refractivity contribution in [2.45, 2.75) is 31.6 Å². The van der Waals surface area contributed by atoms with Crippen molar-refractivity contribution in [3.8, 4) is 5.75 Å². The quantitative estimate of drug-likeness (QED) is 0.720. The predicted octanol–water partition coefficient (Wildman–Crippen LogP) is 1.34. The first-order chi connectivity index (χ1) is 10.3. The van der Waals surface area contributed by atoms with Gasteiger partial charge in [-0.3, -0.25) is 0 Å². The Bertz CT molecular complexity index is 390. The van der Waals surface area contributed by atoms with E-state index < -0.39 is 6.10 Å². The molecular weight excluding hydrogens is 270 g/mol. The number of nitrogens with one attached hydrogen (secondary N) is 1. The van der Waals surface area contributed by atoms with Crippen molar-refractivity contribution in [2.75, 3.05) is 33.5 Å². The van der Waals surface area contributed by atoms with Crippen molar-refractivity contribution in [3.05, 3.63) is 29.8 Å². The maximum Gasteiger partial charge on any atom is 0.118 e. The van der Waals surface area contributed by atoms with E-state index in [1.807, 2.05) is 24.3 Å². The van der Waals surface area contributed by atoms with Crippen LogP contribution in [0.2, 0.25) is 0 Å². The smallest absolute Gasteiger partial charge is 0.118 e. The Morgan fingerprint density at radius 1 is 1.38 bits per heavy atom. The van der Waals surface area contributed by atoms with E-state index in [4.69, 9.17) is 14.2 Å². The molecule has 1 aromatic rings. The van der Waals surface area contributed by atoms with E-state index in [9.17, 15) is 5.11 Å². The summed E-state index contributed by atoms with van der Waals surface area (Å²) in [6.45, 7) is 2.98. The molecule has 0 aromatic heterocycles. The predicted molar refractivity (Wildman–Crippen MR) is 80.5 cm³/mol. The molecule has 2 N–H and O–H groups in total. The summed E-state index contributed by atoms with van der Waals surface area (Å²) in [5.74, 6) is 0.848. The molecular formula is C16H25NO4. The molecule has 0 radical (unpaired) electrons. The number of ether oxygens (including phenoxy) is 3. The van der Waals surface area contributed by atoms with Gasteiger partial charge in [0.05, 0.1) is 32.5 Å². The Morgan fingerprint density at radius 2 is 2.19 bits per heavy atom. The molecule has 0 saturated carbocycles. The van der Waals surface area contributed by atoms with E-state index in [0.29, 0.717) is 26.3 Å². The molecule has 1 aliphatic rings. The summed E-state index contributed by atoms with van der Waals surface area (Å²) in [5.41, 5.74) is 1.16. The number of methoxy groups -OCH3 is 1. The van der Waals surface area contributed by atoms with Gasteiger partial charge in [0.1, 0.15) is 5.75 Å². The number of hydrogen-bond donors (Lipinski definition) is 2. The van der Waals surface area contributed by atoms with E-state index in [2.05, 4.69) is 5.32 Å². The first-order valence-corrected chi connectivity index (χ1v) is 7.49. The number of benzene rings is 1. The Hall–Kier alpha value is -1.14. The van der Waals surface area contributed by atoms with E-state index in [-0.39, 0.29) is 6.10 Å². The minimum Gasteiger partial charge on any atom is -0.497 e. The lowest BCUT2D eigenvalue weighted by Gasteiger charge is -2.14. The maximum absolute atomic E-state index is 9.83. The average molecular weight is 295 g/mol. The third kappa shape index (κ3) is 6.01. The number of aliphatic hydroxyl groups is 1. The van der Waals surface area contributed by atoms with Gasteiger partial charge in [-0.1, -0.05) is 12.1 Å². The summed E-state index contributed by atoms with van der Waals surface area (Å²) < 4.78 is 16.1. The molecule has 21 heavy (non-hydrogen) atoms. The van der Waals surface area contributed by atoms with Crippen LogP contribution in [0.5, 0.6) is 5.75 Å². The van der Waals surface area contributed by atoms with Crippen LogP contribution in [-0.2, 0) is 16.0 Å². The molecule has 1 aromatic carbocycles. The first-order valence-electron chi connectivity index (χ1n) is 7.49. The van der Waals surface area contributed by atoms with Gasteiger partial charge in [0.15, 0.2) is 0 Å². The highest BCUT2D eigenvalue weighted by molar-refractivity contribution is 5.26. The van der Waals surface area contributed by atoms with Crippen LogP contribution in [-0.4, -0.2) is 50.8 Å². The molecule has 2 rings (SSSR count). The molecule has 0 spiro atoms. The second kappa shape index (κ2) is 9.00. The van der Waals surface area contributed by atoms with E-state index in [0.717, 1.165) is 30.8 Å². The van der Waals surface area contributed by atoms with Crippen LogP contribution in [0.3, 0.4) is 0 Å². The number of rotatable bonds is 9. The van der Waals surface area contributed by atoms with Crippen LogP contribution in [0.4, 0.5) is 0 Å². The fourth-order valence-electron chi connectivity index (χ4n) is 2.30. The Kier molecular flexibility index (Phi) is 6.95. The summed E-state index contributed by atoms with van der Waals surface area (Å²) in [4.78, 5) is 0. The van der Waals surface area contributed by atoms with Gasteiger partial charge < -0.3 is 24.6 Å². The minimum absolute atomic E-state index is 0.212.